The van der Waals surface area contributed by atoms with Crippen LogP contribution in [0.15, 0.2) is 12.4 Å². The Morgan fingerprint density at radius 1 is 1.56 bits per heavy atom. The molecule has 2 bridgehead atoms. The van der Waals surface area contributed by atoms with Crippen LogP contribution in [0.4, 0.5) is 0 Å². The van der Waals surface area contributed by atoms with Gasteiger partial charge in [-0.3, -0.25) is 0 Å². The van der Waals surface area contributed by atoms with Crippen molar-refractivity contribution in [1.29, 1.82) is 0 Å². The maximum atomic E-state index is 5.81. The van der Waals surface area contributed by atoms with Gasteiger partial charge in [0.2, 0.25) is 0 Å². The number of fused-ring (bicyclic) bond motifs is 2. The Morgan fingerprint density at radius 3 is 3.12 bits per heavy atom. The second-order valence-electron chi connectivity index (χ2n) is 4.84. The molecule has 2 fully saturated rings. The van der Waals surface area contributed by atoms with Gasteiger partial charge in [-0.15, -0.1) is 0 Å². The molecule has 0 radical (unpaired) electrons. The standard InChI is InChI=1S/C12H19N3O/c1-9-13-4-6-15(9)7-5-14-11-8-10-2-3-12(11)16-10/h4,6,10-12,14H,2-3,5,7-8H2,1H3. The van der Waals surface area contributed by atoms with Crippen LogP contribution in [0.2, 0.25) is 0 Å². The Morgan fingerprint density at radius 2 is 2.50 bits per heavy atom. The van der Waals surface area contributed by atoms with Crippen molar-refractivity contribution < 1.29 is 4.74 Å². The number of hydrogen-bond donors (Lipinski definition) is 1. The van der Waals surface area contributed by atoms with E-state index >= 15 is 0 Å². The Kier molecular flexibility index (Phi) is 2.69. The molecule has 4 heteroatoms. The van der Waals surface area contributed by atoms with Gasteiger partial charge >= 0.3 is 0 Å². The minimum absolute atomic E-state index is 0.480. The topological polar surface area (TPSA) is 39.1 Å². The number of rotatable bonds is 4. The van der Waals surface area contributed by atoms with Crippen LogP contribution in [-0.4, -0.2) is 34.3 Å². The third kappa shape index (κ3) is 1.87. The van der Waals surface area contributed by atoms with E-state index in [0.29, 0.717) is 18.2 Å². The first-order chi connectivity index (χ1) is 7.83. The first kappa shape index (κ1) is 10.3. The zero-order chi connectivity index (χ0) is 11.0. The Hall–Kier alpha value is -0.870. The lowest BCUT2D eigenvalue weighted by molar-refractivity contribution is 0.0974. The molecule has 1 aromatic heterocycles. The van der Waals surface area contributed by atoms with E-state index in [1.165, 1.54) is 19.3 Å². The number of nitrogens with zero attached hydrogens (tertiary/aromatic N) is 2. The van der Waals surface area contributed by atoms with Crippen LogP contribution >= 0.6 is 0 Å². The lowest BCUT2D eigenvalue weighted by Gasteiger charge is -2.20. The molecule has 2 saturated heterocycles. The van der Waals surface area contributed by atoms with Gasteiger partial charge in [-0.1, -0.05) is 0 Å². The second kappa shape index (κ2) is 4.18. The summed E-state index contributed by atoms with van der Waals surface area (Å²) >= 11 is 0. The van der Waals surface area contributed by atoms with Crippen molar-refractivity contribution in [3.63, 3.8) is 0 Å². The van der Waals surface area contributed by atoms with E-state index in [9.17, 15) is 0 Å². The van der Waals surface area contributed by atoms with E-state index in [1.54, 1.807) is 0 Å². The predicted molar refractivity (Wildman–Crippen MR) is 61.3 cm³/mol. The average Bonchev–Trinajstić information content (AvgIpc) is 2.96. The zero-order valence-electron chi connectivity index (χ0n) is 9.72. The molecule has 3 heterocycles. The highest BCUT2D eigenvalue weighted by Crippen LogP contribution is 2.34. The highest BCUT2D eigenvalue weighted by molar-refractivity contribution is 4.94. The molecular formula is C12H19N3O. The van der Waals surface area contributed by atoms with Crippen LogP contribution in [-0.2, 0) is 11.3 Å². The van der Waals surface area contributed by atoms with Gasteiger partial charge in [-0.25, -0.2) is 4.98 Å². The molecule has 0 aromatic carbocycles. The Bertz CT molecular complexity index is 363. The van der Waals surface area contributed by atoms with Gasteiger partial charge in [0.25, 0.3) is 0 Å². The summed E-state index contributed by atoms with van der Waals surface area (Å²) in [7, 11) is 0. The summed E-state index contributed by atoms with van der Waals surface area (Å²) in [6.45, 7) is 4.05. The van der Waals surface area contributed by atoms with Crippen molar-refractivity contribution in [2.75, 3.05) is 6.54 Å². The number of ether oxygens (including phenoxy) is 1. The molecule has 4 nitrogen and oxygen atoms in total. The van der Waals surface area contributed by atoms with Gasteiger partial charge in [0, 0.05) is 31.5 Å². The summed E-state index contributed by atoms with van der Waals surface area (Å²) in [5.74, 6) is 1.09. The molecule has 2 aliphatic rings. The van der Waals surface area contributed by atoms with Crippen LogP contribution in [0.1, 0.15) is 25.1 Å². The highest BCUT2D eigenvalue weighted by Gasteiger charge is 2.40. The smallest absolute Gasteiger partial charge is 0.105 e. The molecule has 88 valence electrons. The van der Waals surface area contributed by atoms with Gasteiger partial charge in [-0.05, 0) is 26.2 Å². The van der Waals surface area contributed by atoms with Crippen molar-refractivity contribution in [1.82, 2.24) is 14.9 Å². The van der Waals surface area contributed by atoms with Crippen LogP contribution in [0.3, 0.4) is 0 Å². The SMILES string of the molecule is Cc1nccn1CCNC1CC2CCC1O2. The monoisotopic (exact) mass is 221 g/mol. The van der Waals surface area contributed by atoms with E-state index in [2.05, 4.69) is 14.9 Å². The van der Waals surface area contributed by atoms with Crippen molar-refractivity contribution >= 4 is 0 Å². The molecule has 0 saturated carbocycles. The first-order valence-electron chi connectivity index (χ1n) is 6.19. The fourth-order valence-corrected chi connectivity index (χ4v) is 2.86. The van der Waals surface area contributed by atoms with E-state index in [-0.39, 0.29) is 0 Å². The summed E-state index contributed by atoms with van der Waals surface area (Å²) < 4.78 is 8.00. The fourth-order valence-electron chi connectivity index (χ4n) is 2.86. The van der Waals surface area contributed by atoms with Crippen molar-refractivity contribution in [3.8, 4) is 0 Å². The Balaban J connectivity index is 1.46. The normalized spacial score (nSPS) is 32.4. The lowest BCUT2D eigenvalue weighted by Crippen LogP contribution is -2.39. The maximum absolute atomic E-state index is 5.81. The minimum Gasteiger partial charge on any atom is -0.373 e. The second-order valence-corrected chi connectivity index (χ2v) is 4.84. The molecule has 0 amide bonds. The molecule has 2 aliphatic heterocycles. The molecular weight excluding hydrogens is 202 g/mol. The summed E-state index contributed by atoms with van der Waals surface area (Å²) in [5.41, 5.74) is 0. The predicted octanol–water partition coefficient (Wildman–Crippen LogP) is 1.10. The van der Waals surface area contributed by atoms with Gasteiger partial charge in [0.15, 0.2) is 0 Å². The summed E-state index contributed by atoms with van der Waals surface area (Å²) in [6, 6.07) is 0.586. The number of aryl methyl sites for hydroxylation is 1. The number of aromatic nitrogens is 2. The minimum atomic E-state index is 0.480. The van der Waals surface area contributed by atoms with Crippen LogP contribution in [0, 0.1) is 6.92 Å². The van der Waals surface area contributed by atoms with E-state index in [1.807, 2.05) is 19.3 Å². The van der Waals surface area contributed by atoms with Crippen LogP contribution in [0.25, 0.3) is 0 Å². The fraction of sp³-hybridized carbons (Fsp3) is 0.750. The van der Waals surface area contributed by atoms with Gasteiger partial charge < -0.3 is 14.6 Å². The zero-order valence-corrected chi connectivity index (χ0v) is 9.72. The summed E-state index contributed by atoms with van der Waals surface area (Å²) in [4.78, 5) is 4.22. The molecule has 0 aliphatic carbocycles. The molecule has 1 aromatic rings. The van der Waals surface area contributed by atoms with Gasteiger partial charge in [-0.2, -0.15) is 0 Å². The molecule has 0 spiro atoms. The van der Waals surface area contributed by atoms with E-state index in [0.717, 1.165) is 18.9 Å². The quantitative estimate of drug-likeness (QED) is 0.827. The third-order valence-electron chi connectivity index (χ3n) is 3.79. The molecule has 3 rings (SSSR count). The number of imidazole rings is 1. The van der Waals surface area contributed by atoms with E-state index in [4.69, 9.17) is 4.74 Å². The first-order valence-corrected chi connectivity index (χ1v) is 6.19. The van der Waals surface area contributed by atoms with E-state index < -0.39 is 0 Å². The van der Waals surface area contributed by atoms with Crippen molar-refractivity contribution in [2.45, 2.75) is 51.0 Å². The Labute approximate surface area is 96.0 Å². The lowest BCUT2D eigenvalue weighted by atomic mass is 9.95. The highest BCUT2D eigenvalue weighted by atomic mass is 16.5. The van der Waals surface area contributed by atoms with Crippen molar-refractivity contribution in [3.05, 3.63) is 18.2 Å². The molecule has 3 atom stereocenters. The number of nitrogens with one attached hydrogen (secondary N) is 1. The van der Waals surface area contributed by atoms with Crippen molar-refractivity contribution in [2.24, 2.45) is 0 Å². The molecule has 16 heavy (non-hydrogen) atoms. The van der Waals surface area contributed by atoms with Gasteiger partial charge in [0.1, 0.15) is 5.82 Å². The largest absolute Gasteiger partial charge is 0.373 e. The van der Waals surface area contributed by atoms with Gasteiger partial charge in [0.05, 0.1) is 12.2 Å². The van der Waals surface area contributed by atoms with Crippen LogP contribution < -0.4 is 5.32 Å². The molecule has 1 N–H and O–H groups in total. The third-order valence-corrected chi connectivity index (χ3v) is 3.79. The summed E-state index contributed by atoms with van der Waals surface area (Å²) in [5, 5.41) is 3.60. The average molecular weight is 221 g/mol. The molecule has 3 unspecified atom stereocenters. The number of hydrogen-bond acceptors (Lipinski definition) is 3. The van der Waals surface area contributed by atoms with Crippen LogP contribution in [0.5, 0.6) is 0 Å². The summed E-state index contributed by atoms with van der Waals surface area (Å²) in [6.07, 6.45) is 8.62. The maximum Gasteiger partial charge on any atom is 0.105 e.